The molecule has 1 aliphatic heterocycles. The van der Waals surface area contributed by atoms with Gasteiger partial charge in [0.05, 0.1) is 22.6 Å². The predicted molar refractivity (Wildman–Crippen MR) is 114 cm³/mol. The average Bonchev–Trinajstić information content (AvgIpc) is 3.11. The molecule has 1 N–H and O–H groups in total. The Hall–Kier alpha value is -3.15. The van der Waals surface area contributed by atoms with Crippen LogP contribution in [0.3, 0.4) is 0 Å². The van der Waals surface area contributed by atoms with Crippen LogP contribution < -0.4 is 5.32 Å². The molecule has 2 heterocycles. The van der Waals surface area contributed by atoms with Crippen molar-refractivity contribution in [2.24, 2.45) is 0 Å². The van der Waals surface area contributed by atoms with Crippen molar-refractivity contribution in [3.8, 4) is 0 Å². The van der Waals surface area contributed by atoms with E-state index >= 15 is 0 Å². The number of carbonyl (C=O) groups excluding carboxylic acids is 1. The first-order chi connectivity index (χ1) is 14.6. The predicted octanol–water partition coefficient (Wildman–Crippen LogP) is 5.34. The number of benzene rings is 2. The van der Waals surface area contributed by atoms with E-state index in [1.165, 1.54) is 18.6 Å². The van der Waals surface area contributed by atoms with Gasteiger partial charge in [-0.25, -0.2) is 14.2 Å². The van der Waals surface area contributed by atoms with Gasteiger partial charge in [0.2, 0.25) is 5.95 Å². The Bertz CT molecular complexity index is 1140. The summed E-state index contributed by atoms with van der Waals surface area (Å²) in [6, 6.07) is 13.7. The van der Waals surface area contributed by atoms with Crippen molar-refractivity contribution in [3.05, 3.63) is 71.2 Å². The SMILES string of the molecule is CC1=C(C(=O)OC2CCCCC2)[C@@H](c2cccc(F)c2)n2c(nc3ccccc32)N1. The summed E-state index contributed by atoms with van der Waals surface area (Å²) < 4.78 is 22.1. The highest BCUT2D eigenvalue weighted by atomic mass is 19.1. The Balaban J connectivity index is 1.63. The molecule has 1 aromatic heterocycles. The molecule has 30 heavy (non-hydrogen) atoms. The maximum Gasteiger partial charge on any atom is 0.338 e. The van der Waals surface area contributed by atoms with Gasteiger partial charge in [-0.15, -0.1) is 0 Å². The van der Waals surface area contributed by atoms with Crippen molar-refractivity contribution in [3.63, 3.8) is 0 Å². The number of nitrogens with one attached hydrogen (secondary N) is 1. The zero-order valence-electron chi connectivity index (χ0n) is 16.9. The molecule has 6 heteroatoms. The zero-order valence-corrected chi connectivity index (χ0v) is 16.9. The van der Waals surface area contributed by atoms with E-state index < -0.39 is 6.04 Å². The summed E-state index contributed by atoms with van der Waals surface area (Å²) in [6.45, 7) is 1.85. The first kappa shape index (κ1) is 18.9. The molecule has 154 valence electrons. The van der Waals surface area contributed by atoms with Crippen LogP contribution in [0.4, 0.5) is 10.3 Å². The van der Waals surface area contributed by atoms with E-state index in [1.54, 1.807) is 6.07 Å². The topological polar surface area (TPSA) is 56.2 Å². The Kier molecular flexibility index (Phi) is 4.77. The van der Waals surface area contributed by atoms with Crippen LogP contribution in [0.15, 0.2) is 59.8 Å². The highest BCUT2D eigenvalue weighted by Crippen LogP contribution is 2.40. The van der Waals surface area contributed by atoms with Gasteiger partial charge in [-0.05, 0) is 62.4 Å². The minimum atomic E-state index is -0.513. The lowest BCUT2D eigenvalue weighted by molar-refractivity contribution is -0.146. The molecule has 5 nitrogen and oxygen atoms in total. The second-order valence-corrected chi connectivity index (χ2v) is 8.08. The summed E-state index contributed by atoms with van der Waals surface area (Å²) in [5.41, 5.74) is 3.58. The number of fused-ring (bicyclic) bond motifs is 3. The molecular formula is C24H24FN3O2. The molecule has 0 amide bonds. The van der Waals surface area contributed by atoms with Gasteiger partial charge in [0.25, 0.3) is 0 Å². The number of allylic oxidation sites excluding steroid dienone is 1. The molecule has 0 saturated heterocycles. The number of nitrogens with zero attached hydrogens (tertiary/aromatic N) is 2. The summed E-state index contributed by atoms with van der Waals surface area (Å²) in [5.74, 6) is -0.0450. The summed E-state index contributed by atoms with van der Waals surface area (Å²) in [6.07, 6.45) is 5.09. The molecular weight excluding hydrogens is 381 g/mol. The molecule has 1 fully saturated rings. The van der Waals surface area contributed by atoms with Gasteiger partial charge in [-0.3, -0.25) is 4.57 Å². The molecule has 5 rings (SSSR count). The van der Waals surface area contributed by atoms with Crippen LogP contribution in [-0.4, -0.2) is 21.6 Å². The average molecular weight is 405 g/mol. The third kappa shape index (κ3) is 3.26. The van der Waals surface area contributed by atoms with E-state index in [-0.39, 0.29) is 17.9 Å². The van der Waals surface area contributed by atoms with E-state index in [9.17, 15) is 9.18 Å². The standard InChI is InChI=1S/C24H24FN3O2/c1-15-21(23(29)30-18-10-3-2-4-11-18)22(16-8-7-9-17(25)14-16)28-20-13-6-5-12-19(20)27-24(28)26-15/h5-9,12-14,18,22H,2-4,10-11H2,1H3,(H,26,27)/t22-/m1/s1. The van der Waals surface area contributed by atoms with Crippen LogP contribution in [-0.2, 0) is 9.53 Å². The lowest BCUT2D eigenvalue weighted by Gasteiger charge is -2.31. The van der Waals surface area contributed by atoms with Gasteiger partial charge in [0.1, 0.15) is 11.9 Å². The number of para-hydroxylation sites is 2. The number of anilines is 1. The summed E-state index contributed by atoms with van der Waals surface area (Å²) in [5, 5.41) is 3.27. The molecule has 0 radical (unpaired) electrons. The maximum absolute atomic E-state index is 14.2. The van der Waals surface area contributed by atoms with Crippen LogP contribution in [0, 0.1) is 5.82 Å². The van der Waals surface area contributed by atoms with Crippen LogP contribution in [0.25, 0.3) is 11.0 Å². The molecule has 0 bridgehead atoms. The fourth-order valence-electron chi connectivity index (χ4n) is 4.62. The summed E-state index contributed by atoms with van der Waals surface area (Å²) in [4.78, 5) is 18.0. The Morgan fingerprint density at radius 2 is 1.93 bits per heavy atom. The van der Waals surface area contributed by atoms with Crippen molar-refractivity contribution in [2.75, 3.05) is 5.32 Å². The molecule has 1 saturated carbocycles. The number of ether oxygens (including phenoxy) is 1. The van der Waals surface area contributed by atoms with Gasteiger partial charge in [-0.1, -0.05) is 30.7 Å². The lowest BCUT2D eigenvalue weighted by Crippen LogP contribution is -2.31. The van der Waals surface area contributed by atoms with Gasteiger partial charge in [0, 0.05) is 5.70 Å². The molecule has 2 aromatic carbocycles. The number of aromatic nitrogens is 2. The molecule has 2 aliphatic rings. The van der Waals surface area contributed by atoms with Crippen molar-refractivity contribution in [1.82, 2.24) is 9.55 Å². The first-order valence-corrected chi connectivity index (χ1v) is 10.5. The number of hydrogen-bond acceptors (Lipinski definition) is 4. The Morgan fingerprint density at radius 3 is 2.73 bits per heavy atom. The number of rotatable bonds is 3. The van der Waals surface area contributed by atoms with E-state index in [0.29, 0.717) is 22.8 Å². The van der Waals surface area contributed by atoms with Crippen LogP contribution in [0.2, 0.25) is 0 Å². The van der Waals surface area contributed by atoms with Gasteiger partial charge in [-0.2, -0.15) is 0 Å². The minimum absolute atomic E-state index is 0.0550. The molecule has 1 atom stereocenters. The second-order valence-electron chi connectivity index (χ2n) is 8.08. The van der Waals surface area contributed by atoms with E-state index in [0.717, 1.165) is 36.7 Å². The lowest BCUT2D eigenvalue weighted by atomic mass is 9.94. The van der Waals surface area contributed by atoms with Gasteiger partial charge in [0.15, 0.2) is 0 Å². The summed E-state index contributed by atoms with van der Waals surface area (Å²) in [7, 11) is 0. The minimum Gasteiger partial charge on any atom is -0.459 e. The normalized spacial score (nSPS) is 19.5. The van der Waals surface area contributed by atoms with Crippen LogP contribution >= 0.6 is 0 Å². The number of esters is 1. The van der Waals surface area contributed by atoms with Crippen molar-refractivity contribution >= 4 is 23.0 Å². The van der Waals surface area contributed by atoms with Crippen molar-refractivity contribution in [2.45, 2.75) is 51.2 Å². The number of imidazole rings is 1. The zero-order chi connectivity index (χ0) is 20.7. The van der Waals surface area contributed by atoms with Crippen molar-refractivity contribution in [1.29, 1.82) is 0 Å². The molecule has 3 aromatic rings. The van der Waals surface area contributed by atoms with E-state index in [2.05, 4.69) is 10.3 Å². The third-order valence-electron chi connectivity index (χ3n) is 6.04. The Labute approximate surface area is 174 Å². The molecule has 1 aliphatic carbocycles. The fraction of sp³-hybridized carbons (Fsp3) is 0.333. The number of hydrogen-bond donors (Lipinski definition) is 1. The van der Waals surface area contributed by atoms with E-state index in [1.807, 2.05) is 41.8 Å². The van der Waals surface area contributed by atoms with Gasteiger partial charge < -0.3 is 10.1 Å². The highest BCUT2D eigenvalue weighted by molar-refractivity contribution is 5.94. The largest absolute Gasteiger partial charge is 0.459 e. The monoisotopic (exact) mass is 405 g/mol. The highest BCUT2D eigenvalue weighted by Gasteiger charge is 2.36. The first-order valence-electron chi connectivity index (χ1n) is 10.5. The summed E-state index contributed by atoms with van der Waals surface area (Å²) >= 11 is 0. The van der Waals surface area contributed by atoms with E-state index in [4.69, 9.17) is 4.74 Å². The van der Waals surface area contributed by atoms with Gasteiger partial charge >= 0.3 is 5.97 Å². The molecule has 0 unspecified atom stereocenters. The van der Waals surface area contributed by atoms with Crippen molar-refractivity contribution < 1.29 is 13.9 Å². The third-order valence-corrected chi connectivity index (χ3v) is 6.04. The number of halogens is 1. The Morgan fingerprint density at radius 1 is 1.13 bits per heavy atom. The smallest absolute Gasteiger partial charge is 0.338 e. The number of carbonyl (C=O) groups is 1. The molecule has 0 spiro atoms. The fourth-order valence-corrected chi connectivity index (χ4v) is 4.62. The maximum atomic E-state index is 14.2. The second kappa shape index (κ2) is 7.59. The quantitative estimate of drug-likeness (QED) is 0.598. The van der Waals surface area contributed by atoms with Crippen LogP contribution in [0.5, 0.6) is 0 Å². The van der Waals surface area contributed by atoms with Crippen LogP contribution in [0.1, 0.15) is 50.6 Å².